The van der Waals surface area contributed by atoms with E-state index in [1.807, 2.05) is 17.9 Å². The summed E-state index contributed by atoms with van der Waals surface area (Å²) < 4.78 is 1.94. The van der Waals surface area contributed by atoms with Crippen LogP contribution in [0.25, 0.3) is 0 Å². The summed E-state index contributed by atoms with van der Waals surface area (Å²) in [4.78, 5) is 0. The number of aryl methyl sites for hydroxylation is 1. The Morgan fingerprint density at radius 3 is 2.33 bits per heavy atom. The van der Waals surface area contributed by atoms with Crippen LogP contribution in [0, 0.1) is 5.41 Å². The molecule has 3 heteroatoms. The van der Waals surface area contributed by atoms with Gasteiger partial charge in [-0.25, -0.2) is 0 Å². The van der Waals surface area contributed by atoms with E-state index in [4.69, 9.17) is 0 Å². The van der Waals surface area contributed by atoms with E-state index in [-0.39, 0.29) is 11.5 Å². The topological polar surface area (TPSA) is 29.9 Å². The first-order chi connectivity index (χ1) is 9.87. The predicted molar refractivity (Wildman–Crippen MR) is 88.0 cm³/mol. The smallest absolute Gasteiger partial charge is 0.0547 e. The van der Waals surface area contributed by atoms with Crippen LogP contribution in [0.1, 0.15) is 57.5 Å². The van der Waals surface area contributed by atoms with Gasteiger partial charge in [-0.1, -0.05) is 51.1 Å². The zero-order chi connectivity index (χ0) is 15.5. The fraction of sp³-hybridized carbons (Fsp3) is 0.500. The molecule has 1 aromatic carbocycles. The zero-order valence-electron chi connectivity index (χ0n) is 13.8. The van der Waals surface area contributed by atoms with Gasteiger partial charge in [0.15, 0.2) is 0 Å². The summed E-state index contributed by atoms with van der Waals surface area (Å²) in [6.07, 6.45) is 2.95. The second-order valence-corrected chi connectivity index (χ2v) is 7.00. The summed E-state index contributed by atoms with van der Waals surface area (Å²) in [5, 5.41) is 8.04. The Morgan fingerprint density at radius 2 is 1.81 bits per heavy atom. The van der Waals surface area contributed by atoms with E-state index in [2.05, 4.69) is 74.5 Å². The van der Waals surface area contributed by atoms with Crippen molar-refractivity contribution >= 4 is 0 Å². The fourth-order valence-electron chi connectivity index (χ4n) is 2.77. The number of nitrogens with one attached hydrogen (secondary N) is 1. The highest BCUT2D eigenvalue weighted by molar-refractivity contribution is 5.20. The minimum Gasteiger partial charge on any atom is -0.302 e. The van der Waals surface area contributed by atoms with Crippen LogP contribution in [0.5, 0.6) is 0 Å². The van der Waals surface area contributed by atoms with Gasteiger partial charge in [0.2, 0.25) is 0 Å². The first-order valence-corrected chi connectivity index (χ1v) is 7.66. The van der Waals surface area contributed by atoms with Crippen molar-refractivity contribution < 1.29 is 0 Å². The van der Waals surface area contributed by atoms with Crippen molar-refractivity contribution in [2.75, 3.05) is 0 Å². The van der Waals surface area contributed by atoms with Crippen LogP contribution < -0.4 is 5.32 Å². The lowest BCUT2D eigenvalue weighted by Crippen LogP contribution is -2.29. The normalized spacial score (nSPS) is 14.9. The first-order valence-electron chi connectivity index (χ1n) is 7.66. The van der Waals surface area contributed by atoms with Gasteiger partial charge < -0.3 is 5.32 Å². The number of rotatable bonds is 5. The number of hydrogen-bond donors (Lipinski definition) is 1. The largest absolute Gasteiger partial charge is 0.302 e. The Kier molecular flexibility index (Phi) is 4.84. The molecule has 2 rings (SSSR count). The van der Waals surface area contributed by atoms with Gasteiger partial charge in [0.25, 0.3) is 0 Å². The molecule has 0 saturated heterocycles. The van der Waals surface area contributed by atoms with Gasteiger partial charge in [0.1, 0.15) is 0 Å². The average molecular weight is 285 g/mol. The Morgan fingerprint density at radius 1 is 1.14 bits per heavy atom. The summed E-state index contributed by atoms with van der Waals surface area (Å²) in [6.45, 7) is 9.08. The average Bonchev–Trinajstić information content (AvgIpc) is 2.84. The Hall–Kier alpha value is -1.61. The molecule has 1 aromatic heterocycles. The highest BCUT2D eigenvalue weighted by atomic mass is 15.3. The summed E-state index contributed by atoms with van der Waals surface area (Å²) in [7, 11) is 1.99. The molecule has 21 heavy (non-hydrogen) atoms. The monoisotopic (exact) mass is 285 g/mol. The van der Waals surface area contributed by atoms with Gasteiger partial charge in [-0.3, -0.25) is 4.68 Å². The number of benzene rings is 1. The van der Waals surface area contributed by atoms with E-state index in [1.165, 1.54) is 11.3 Å². The summed E-state index contributed by atoms with van der Waals surface area (Å²) in [5.74, 6) is 0. The molecule has 1 N–H and O–H groups in total. The van der Waals surface area contributed by atoms with E-state index < -0.39 is 0 Å². The molecule has 2 aromatic rings. The Balaban J connectivity index is 2.18. The molecule has 0 aliphatic carbocycles. The number of hydrogen-bond acceptors (Lipinski definition) is 2. The molecular formula is C18H27N3. The third-order valence-corrected chi connectivity index (χ3v) is 3.77. The van der Waals surface area contributed by atoms with Gasteiger partial charge in [-0.05, 0) is 30.4 Å². The standard InChI is InChI=1S/C18H27N3/c1-14(17-11-12-19-21(17)5)20-16(13-18(2,3)4)15-9-7-6-8-10-15/h6-12,14,16,20H,13H2,1-5H3. The lowest BCUT2D eigenvalue weighted by atomic mass is 9.85. The summed E-state index contributed by atoms with van der Waals surface area (Å²) >= 11 is 0. The van der Waals surface area contributed by atoms with Gasteiger partial charge in [-0.2, -0.15) is 5.10 Å². The third-order valence-electron chi connectivity index (χ3n) is 3.77. The van der Waals surface area contributed by atoms with Crippen LogP contribution in [-0.4, -0.2) is 9.78 Å². The minimum absolute atomic E-state index is 0.269. The van der Waals surface area contributed by atoms with Crippen molar-refractivity contribution in [1.29, 1.82) is 0 Å². The van der Waals surface area contributed by atoms with Crippen molar-refractivity contribution in [3.05, 3.63) is 53.9 Å². The molecule has 0 saturated carbocycles. The molecule has 1 heterocycles. The van der Waals surface area contributed by atoms with Gasteiger partial charge in [0.05, 0.1) is 5.69 Å². The molecule has 0 amide bonds. The van der Waals surface area contributed by atoms with Crippen LogP contribution >= 0.6 is 0 Å². The minimum atomic E-state index is 0.269. The van der Waals surface area contributed by atoms with Crippen LogP contribution in [-0.2, 0) is 7.05 Å². The van der Waals surface area contributed by atoms with Gasteiger partial charge in [0, 0.05) is 25.3 Å². The van der Waals surface area contributed by atoms with Crippen LogP contribution in [0.15, 0.2) is 42.6 Å². The molecule has 2 unspecified atom stereocenters. The highest BCUT2D eigenvalue weighted by Crippen LogP contribution is 2.31. The molecule has 0 radical (unpaired) electrons. The second kappa shape index (κ2) is 6.44. The predicted octanol–water partition coefficient (Wildman–Crippen LogP) is 4.25. The zero-order valence-corrected chi connectivity index (χ0v) is 13.8. The molecule has 114 valence electrons. The van der Waals surface area contributed by atoms with Crippen molar-refractivity contribution in [3.8, 4) is 0 Å². The van der Waals surface area contributed by atoms with Crippen LogP contribution in [0.2, 0.25) is 0 Å². The molecule has 0 fully saturated rings. The maximum absolute atomic E-state index is 4.27. The maximum Gasteiger partial charge on any atom is 0.0547 e. The Bertz CT molecular complexity index is 551. The van der Waals surface area contributed by atoms with Crippen molar-refractivity contribution in [3.63, 3.8) is 0 Å². The third kappa shape index (κ3) is 4.43. The molecule has 0 aliphatic heterocycles. The molecule has 2 atom stereocenters. The fourth-order valence-corrected chi connectivity index (χ4v) is 2.77. The van der Waals surface area contributed by atoms with Crippen molar-refractivity contribution in [2.45, 2.75) is 46.2 Å². The molecular weight excluding hydrogens is 258 g/mol. The van der Waals surface area contributed by atoms with Crippen molar-refractivity contribution in [1.82, 2.24) is 15.1 Å². The Labute approximate surface area is 128 Å². The number of aromatic nitrogens is 2. The van der Waals surface area contributed by atoms with Crippen LogP contribution in [0.3, 0.4) is 0 Å². The van der Waals surface area contributed by atoms with E-state index in [1.54, 1.807) is 0 Å². The highest BCUT2D eigenvalue weighted by Gasteiger charge is 2.22. The SMILES string of the molecule is CC(NC(CC(C)(C)C)c1ccccc1)c1ccnn1C. The van der Waals surface area contributed by atoms with E-state index in [0.717, 1.165) is 6.42 Å². The first kappa shape index (κ1) is 15.8. The van der Waals surface area contributed by atoms with E-state index in [9.17, 15) is 0 Å². The van der Waals surface area contributed by atoms with E-state index in [0.29, 0.717) is 6.04 Å². The molecule has 3 nitrogen and oxygen atoms in total. The van der Waals surface area contributed by atoms with Crippen molar-refractivity contribution in [2.24, 2.45) is 12.5 Å². The quantitative estimate of drug-likeness (QED) is 0.890. The maximum atomic E-state index is 4.27. The molecule has 0 bridgehead atoms. The van der Waals surface area contributed by atoms with E-state index >= 15 is 0 Å². The van der Waals surface area contributed by atoms with Crippen LogP contribution in [0.4, 0.5) is 0 Å². The molecule has 0 spiro atoms. The molecule has 0 aliphatic rings. The van der Waals surface area contributed by atoms with Gasteiger partial charge >= 0.3 is 0 Å². The lowest BCUT2D eigenvalue weighted by Gasteiger charge is -2.30. The lowest BCUT2D eigenvalue weighted by molar-refractivity contribution is 0.294. The summed E-state index contributed by atoms with van der Waals surface area (Å²) in [6, 6.07) is 13.4. The summed E-state index contributed by atoms with van der Waals surface area (Å²) in [5.41, 5.74) is 2.84. The number of nitrogens with zero attached hydrogens (tertiary/aromatic N) is 2. The van der Waals surface area contributed by atoms with Gasteiger partial charge in [-0.15, -0.1) is 0 Å². The second-order valence-electron chi connectivity index (χ2n) is 7.00.